The van der Waals surface area contributed by atoms with E-state index in [1.165, 1.54) is 6.07 Å². The fourth-order valence-electron chi connectivity index (χ4n) is 1.74. The Labute approximate surface area is 108 Å². The van der Waals surface area contributed by atoms with Crippen molar-refractivity contribution in [2.75, 3.05) is 7.05 Å². The minimum absolute atomic E-state index is 0.0368. The largest absolute Gasteiger partial charge is 0.307 e. The van der Waals surface area contributed by atoms with Gasteiger partial charge in [-0.2, -0.15) is 0 Å². The highest BCUT2D eigenvalue weighted by Crippen LogP contribution is 2.24. The van der Waals surface area contributed by atoms with Crippen LogP contribution < -0.4 is 5.32 Å². The number of aryl methyl sites for hydroxylation is 1. The predicted molar refractivity (Wildman–Crippen MR) is 64.0 cm³/mol. The third-order valence-corrected chi connectivity index (χ3v) is 2.72. The van der Waals surface area contributed by atoms with Crippen molar-refractivity contribution in [3.05, 3.63) is 58.9 Å². The Morgan fingerprint density at radius 2 is 1.68 bits per heavy atom. The molecular formula is C13H12F3N3. The average Bonchev–Trinajstić information content (AvgIpc) is 2.41. The van der Waals surface area contributed by atoms with Gasteiger partial charge in [-0.1, -0.05) is 6.07 Å². The summed E-state index contributed by atoms with van der Waals surface area (Å²) in [6.45, 7) is 1.82. The van der Waals surface area contributed by atoms with Crippen LogP contribution in [0.1, 0.15) is 23.0 Å². The van der Waals surface area contributed by atoms with E-state index in [0.717, 1.165) is 11.6 Å². The number of benzene rings is 1. The zero-order valence-electron chi connectivity index (χ0n) is 10.4. The van der Waals surface area contributed by atoms with Crippen molar-refractivity contribution < 1.29 is 13.2 Å². The van der Waals surface area contributed by atoms with Gasteiger partial charge in [-0.25, -0.2) is 23.1 Å². The lowest BCUT2D eigenvalue weighted by Gasteiger charge is -2.16. The van der Waals surface area contributed by atoms with E-state index in [0.29, 0.717) is 0 Å². The second-order valence-corrected chi connectivity index (χ2v) is 4.10. The first-order chi connectivity index (χ1) is 9.04. The summed E-state index contributed by atoms with van der Waals surface area (Å²) in [5, 5.41) is 2.79. The molecule has 0 aliphatic rings. The number of aromatic nitrogens is 2. The van der Waals surface area contributed by atoms with Gasteiger partial charge in [0.15, 0.2) is 17.5 Å². The smallest absolute Gasteiger partial charge is 0.194 e. The molecule has 0 spiro atoms. The van der Waals surface area contributed by atoms with Gasteiger partial charge in [0.1, 0.15) is 5.82 Å². The van der Waals surface area contributed by atoms with Crippen LogP contribution >= 0.6 is 0 Å². The molecule has 3 nitrogen and oxygen atoms in total. The van der Waals surface area contributed by atoms with E-state index in [-0.39, 0.29) is 11.4 Å². The lowest BCUT2D eigenvalue weighted by atomic mass is 10.0. The molecule has 100 valence electrons. The van der Waals surface area contributed by atoms with Crippen LogP contribution in [0.4, 0.5) is 13.2 Å². The molecule has 1 aromatic heterocycles. The Balaban J connectivity index is 2.48. The molecule has 0 bridgehead atoms. The van der Waals surface area contributed by atoms with Gasteiger partial charge < -0.3 is 5.32 Å². The van der Waals surface area contributed by atoms with E-state index < -0.39 is 23.5 Å². The van der Waals surface area contributed by atoms with Gasteiger partial charge in [0.2, 0.25) is 0 Å². The number of halogens is 3. The first-order valence-electron chi connectivity index (χ1n) is 5.63. The van der Waals surface area contributed by atoms with Gasteiger partial charge >= 0.3 is 0 Å². The van der Waals surface area contributed by atoms with Crippen molar-refractivity contribution in [2.45, 2.75) is 13.0 Å². The summed E-state index contributed by atoms with van der Waals surface area (Å²) in [6.07, 6.45) is 3.15. The van der Waals surface area contributed by atoms with E-state index in [4.69, 9.17) is 0 Å². The summed E-state index contributed by atoms with van der Waals surface area (Å²) in [5.74, 6) is -3.66. The van der Waals surface area contributed by atoms with E-state index in [2.05, 4.69) is 15.3 Å². The Morgan fingerprint density at radius 1 is 1.05 bits per heavy atom. The highest BCUT2D eigenvalue weighted by Gasteiger charge is 2.22. The second kappa shape index (κ2) is 5.36. The number of nitrogens with zero attached hydrogens (tertiary/aromatic N) is 2. The van der Waals surface area contributed by atoms with Gasteiger partial charge in [-0.05, 0) is 25.6 Å². The fourth-order valence-corrected chi connectivity index (χ4v) is 1.74. The van der Waals surface area contributed by atoms with Crippen molar-refractivity contribution >= 4 is 0 Å². The summed E-state index contributed by atoms with van der Waals surface area (Å²) in [6, 6.07) is 1.32. The first kappa shape index (κ1) is 13.5. The minimum Gasteiger partial charge on any atom is -0.307 e. The molecule has 2 rings (SSSR count). The monoisotopic (exact) mass is 267 g/mol. The topological polar surface area (TPSA) is 37.8 Å². The van der Waals surface area contributed by atoms with Gasteiger partial charge in [0.25, 0.3) is 0 Å². The second-order valence-electron chi connectivity index (χ2n) is 4.10. The molecule has 0 saturated heterocycles. The normalized spacial score (nSPS) is 12.5. The van der Waals surface area contributed by atoms with Gasteiger partial charge in [0, 0.05) is 18.0 Å². The van der Waals surface area contributed by atoms with Crippen molar-refractivity contribution in [3.63, 3.8) is 0 Å². The van der Waals surface area contributed by atoms with Crippen LogP contribution in [0.2, 0.25) is 0 Å². The predicted octanol–water partition coefficient (Wildman–Crippen LogP) is 2.51. The third kappa shape index (κ3) is 2.58. The standard InChI is InChI=1S/C13H12F3N3/c1-7-5-18-13(19-6-7)12(17-2)8-3-4-9(14)11(16)10(8)15/h3-6,12,17H,1-2H3. The zero-order valence-corrected chi connectivity index (χ0v) is 10.4. The molecule has 0 saturated carbocycles. The molecule has 0 aliphatic heterocycles. The van der Waals surface area contributed by atoms with Gasteiger partial charge in [0.05, 0.1) is 6.04 Å². The van der Waals surface area contributed by atoms with Crippen LogP contribution in [-0.4, -0.2) is 17.0 Å². The maximum absolute atomic E-state index is 13.8. The molecule has 2 aromatic rings. The van der Waals surface area contributed by atoms with Crippen LogP contribution in [0.5, 0.6) is 0 Å². The van der Waals surface area contributed by atoms with E-state index in [9.17, 15) is 13.2 Å². The molecule has 0 amide bonds. The third-order valence-electron chi connectivity index (χ3n) is 2.72. The molecule has 1 atom stereocenters. The first-order valence-corrected chi connectivity index (χ1v) is 5.63. The highest BCUT2D eigenvalue weighted by atomic mass is 19.2. The molecule has 1 N–H and O–H groups in total. The molecule has 1 unspecified atom stereocenters. The maximum atomic E-state index is 13.8. The lowest BCUT2D eigenvalue weighted by Crippen LogP contribution is -2.22. The number of hydrogen-bond donors (Lipinski definition) is 1. The molecule has 6 heteroatoms. The summed E-state index contributed by atoms with van der Waals surface area (Å²) >= 11 is 0. The number of rotatable bonds is 3. The quantitative estimate of drug-likeness (QED) is 0.868. The fraction of sp³-hybridized carbons (Fsp3) is 0.231. The highest BCUT2D eigenvalue weighted by molar-refractivity contribution is 5.28. The lowest BCUT2D eigenvalue weighted by molar-refractivity contribution is 0.433. The zero-order chi connectivity index (χ0) is 14.0. The minimum atomic E-state index is -1.50. The summed E-state index contributed by atoms with van der Waals surface area (Å²) < 4.78 is 39.9. The number of hydrogen-bond acceptors (Lipinski definition) is 3. The summed E-state index contributed by atoms with van der Waals surface area (Å²) in [7, 11) is 1.56. The van der Waals surface area contributed by atoms with Gasteiger partial charge in [-0.15, -0.1) is 0 Å². The Bertz CT molecular complexity index is 584. The Hall–Kier alpha value is -1.95. The SMILES string of the molecule is CNC(c1ncc(C)cn1)c1ccc(F)c(F)c1F. The molecule has 0 radical (unpaired) electrons. The van der Waals surface area contributed by atoms with Crippen LogP contribution in [0.15, 0.2) is 24.5 Å². The van der Waals surface area contributed by atoms with Crippen molar-refractivity contribution in [1.82, 2.24) is 15.3 Å². The van der Waals surface area contributed by atoms with Crippen molar-refractivity contribution in [3.8, 4) is 0 Å². The van der Waals surface area contributed by atoms with E-state index in [1.54, 1.807) is 19.4 Å². The van der Waals surface area contributed by atoms with E-state index >= 15 is 0 Å². The molecule has 19 heavy (non-hydrogen) atoms. The van der Waals surface area contributed by atoms with E-state index in [1.807, 2.05) is 6.92 Å². The van der Waals surface area contributed by atoms with Gasteiger partial charge in [-0.3, -0.25) is 0 Å². The molecule has 0 aliphatic carbocycles. The van der Waals surface area contributed by atoms with Crippen molar-refractivity contribution in [1.29, 1.82) is 0 Å². The summed E-state index contributed by atoms with van der Waals surface area (Å²) in [5.41, 5.74) is 0.814. The Morgan fingerprint density at radius 3 is 2.26 bits per heavy atom. The Kier molecular flexibility index (Phi) is 3.80. The molecular weight excluding hydrogens is 255 g/mol. The van der Waals surface area contributed by atoms with Crippen molar-refractivity contribution in [2.24, 2.45) is 0 Å². The van der Waals surface area contributed by atoms with Crippen LogP contribution in [0.3, 0.4) is 0 Å². The maximum Gasteiger partial charge on any atom is 0.194 e. The van der Waals surface area contributed by atoms with Crippen LogP contribution in [-0.2, 0) is 0 Å². The molecule has 1 aromatic carbocycles. The molecule has 1 heterocycles. The average molecular weight is 267 g/mol. The van der Waals surface area contributed by atoms with Crippen LogP contribution in [0, 0.1) is 24.4 Å². The number of nitrogens with one attached hydrogen (secondary N) is 1. The summed E-state index contributed by atoms with van der Waals surface area (Å²) in [4.78, 5) is 8.13. The van der Waals surface area contributed by atoms with Crippen LogP contribution in [0.25, 0.3) is 0 Å². The molecule has 0 fully saturated rings.